The van der Waals surface area contributed by atoms with Gasteiger partial charge in [0.05, 0.1) is 16.3 Å². The van der Waals surface area contributed by atoms with Gasteiger partial charge in [0.15, 0.2) is 0 Å². The van der Waals surface area contributed by atoms with Gasteiger partial charge in [0.25, 0.3) is 5.91 Å². The molecular weight excluding hydrogens is 321 g/mol. The lowest BCUT2D eigenvalue weighted by Gasteiger charge is -2.34. The molecule has 0 radical (unpaired) electrons. The molecule has 1 aromatic carbocycles. The lowest BCUT2D eigenvalue weighted by molar-refractivity contribution is -0.143. The number of oxime groups is 1. The van der Waals surface area contributed by atoms with Crippen molar-refractivity contribution in [2.75, 3.05) is 32.7 Å². The van der Waals surface area contributed by atoms with Crippen LogP contribution in [-0.4, -0.2) is 60.2 Å². The molecule has 23 heavy (non-hydrogen) atoms. The van der Waals surface area contributed by atoms with Crippen LogP contribution in [0.5, 0.6) is 0 Å². The summed E-state index contributed by atoms with van der Waals surface area (Å²) in [5.74, 6) is -0.545. The van der Waals surface area contributed by atoms with Crippen LogP contribution in [-0.2, 0) is 9.63 Å². The molecule has 0 saturated carbocycles. The highest BCUT2D eigenvalue weighted by Gasteiger charge is 2.34. The fraction of sp³-hybridized carbons (Fsp3) is 0.500. The van der Waals surface area contributed by atoms with E-state index in [9.17, 15) is 9.18 Å². The van der Waals surface area contributed by atoms with Crippen molar-refractivity contribution in [3.8, 4) is 0 Å². The van der Waals surface area contributed by atoms with Gasteiger partial charge in [-0.25, -0.2) is 4.39 Å². The van der Waals surface area contributed by atoms with E-state index in [1.165, 1.54) is 12.1 Å². The van der Waals surface area contributed by atoms with Crippen LogP contribution < -0.4 is 0 Å². The van der Waals surface area contributed by atoms with Crippen molar-refractivity contribution in [3.05, 3.63) is 34.6 Å². The van der Waals surface area contributed by atoms with E-state index in [-0.39, 0.29) is 22.9 Å². The number of rotatable bonds is 3. The molecule has 1 aromatic rings. The lowest BCUT2D eigenvalue weighted by atomic mass is 10.0. The molecule has 7 heteroatoms. The minimum absolute atomic E-state index is 0.0908. The SMILES string of the molecule is CCN1CCN(C(=O)[C@H]2CC(c3c(F)cccc3Cl)=NO2)CC1. The Morgan fingerprint density at radius 3 is 2.78 bits per heavy atom. The van der Waals surface area contributed by atoms with Gasteiger partial charge in [-0.15, -0.1) is 0 Å². The summed E-state index contributed by atoms with van der Waals surface area (Å²) in [6, 6.07) is 4.46. The molecule has 1 amide bonds. The van der Waals surface area contributed by atoms with Crippen LogP contribution in [0.2, 0.25) is 5.02 Å². The first kappa shape index (κ1) is 16.2. The number of halogens is 2. The highest BCUT2D eigenvalue weighted by atomic mass is 35.5. The number of nitrogens with zero attached hydrogens (tertiary/aromatic N) is 3. The molecule has 5 nitrogen and oxygen atoms in total. The van der Waals surface area contributed by atoms with E-state index < -0.39 is 11.9 Å². The predicted octanol–water partition coefficient (Wildman–Crippen LogP) is 2.14. The molecule has 0 N–H and O–H groups in total. The molecule has 2 aliphatic heterocycles. The number of hydrogen-bond acceptors (Lipinski definition) is 4. The number of benzene rings is 1. The van der Waals surface area contributed by atoms with E-state index in [1.807, 2.05) is 0 Å². The summed E-state index contributed by atoms with van der Waals surface area (Å²) >= 11 is 6.04. The van der Waals surface area contributed by atoms with Gasteiger partial charge in [0.1, 0.15) is 5.82 Å². The van der Waals surface area contributed by atoms with Crippen molar-refractivity contribution in [1.82, 2.24) is 9.80 Å². The zero-order valence-electron chi connectivity index (χ0n) is 13.0. The number of hydrogen-bond donors (Lipinski definition) is 0. The minimum atomic E-state index is -0.686. The molecule has 0 aliphatic carbocycles. The average Bonchev–Trinajstić information content (AvgIpc) is 3.04. The second-order valence-electron chi connectivity index (χ2n) is 5.69. The number of carbonyl (C=O) groups is 1. The third-order valence-electron chi connectivity index (χ3n) is 4.33. The summed E-state index contributed by atoms with van der Waals surface area (Å²) in [4.78, 5) is 21.9. The Bertz CT molecular complexity index is 610. The van der Waals surface area contributed by atoms with E-state index >= 15 is 0 Å². The Balaban J connectivity index is 1.64. The van der Waals surface area contributed by atoms with Crippen molar-refractivity contribution in [3.63, 3.8) is 0 Å². The van der Waals surface area contributed by atoms with E-state index in [2.05, 4.69) is 17.0 Å². The normalized spacial score (nSPS) is 22.0. The Kier molecular flexibility index (Phi) is 4.82. The van der Waals surface area contributed by atoms with Gasteiger partial charge >= 0.3 is 0 Å². The van der Waals surface area contributed by atoms with Crippen molar-refractivity contribution in [2.45, 2.75) is 19.4 Å². The average molecular weight is 340 g/mol. The molecule has 0 spiro atoms. The molecule has 0 aromatic heterocycles. The lowest BCUT2D eigenvalue weighted by Crippen LogP contribution is -2.51. The Hall–Kier alpha value is -1.66. The first-order chi connectivity index (χ1) is 11.1. The van der Waals surface area contributed by atoms with Crippen molar-refractivity contribution in [2.24, 2.45) is 5.16 Å². The van der Waals surface area contributed by atoms with Crippen molar-refractivity contribution in [1.29, 1.82) is 0 Å². The summed E-state index contributed by atoms with van der Waals surface area (Å²) in [6.45, 7) is 6.19. The van der Waals surface area contributed by atoms with Gasteiger partial charge < -0.3 is 14.6 Å². The summed E-state index contributed by atoms with van der Waals surface area (Å²) in [5, 5.41) is 4.17. The van der Waals surface area contributed by atoms with Gasteiger partial charge in [0, 0.05) is 32.6 Å². The fourth-order valence-corrected chi connectivity index (χ4v) is 3.19. The highest BCUT2D eigenvalue weighted by molar-refractivity contribution is 6.34. The predicted molar refractivity (Wildman–Crippen MR) is 86.1 cm³/mol. The first-order valence-corrected chi connectivity index (χ1v) is 8.16. The van der Waals surface area contributed by atoms with Gasteiger partial charge in [0.2, 0.25) is 6.10 Å². The quantitative estimate of drug-likeness (QED) is 0.847. The third-order valence-corrected chi connectivity index (χ3v) is 4.64. The minimum Gasteiger partial charge on any atom is -0.382 e. The number of carbonyl (C=O) groups excluding carboxylic acids is 1. The second-order valence-corrected chi connectivity index (χ2v) is 6.10. The van der Waals surface area contributed by atoms with Crippen molar-refractivity contribution < 1.29 is 14.0 Å². The Labute approximate surface area is 139 Å². The van der Waals surface area contributed by atoms with E-state index in [0.717, 1.165) is 19.6 Å². The van der Waals surface area contributed by atoms with Crippen LogP contribution in [0.1, 0.15) is 18.9 Å². The Morgan fingerprint density at radius 1 is 1.39 bits per heavy atom. The van der Waals surface area contributed by atoms with Gasteiger partial charge in [-0.2, -0.15) is 0 Å². The molecule has 0 bridgehead atoms. The van der Waals surface area contributed by atoms with Crippen LogP contribution in [0, 0.1) is 5.82 Å². The van der Waals surface area contributed by atoms with Gasteiger partial charge in [-0.1, -0.05) is 29.7 Å². The smallest absolute Gasteiger partial charge is 0.266 e. The monoisotopic (exact) mass is 339 g/mol. The largest absolute Gasteiger partial charge is 0.382 e. The molecule has 3 rings (SSSR count). The highest BCUT2D eigenvalue weighted by Crippen LogP contribution is 2.26. The number of piperazine rings is 1. The zero-order valence-corrected chi connectivity index (χ0v) is 13.7. The van der Waals surface area contributed by atoms with E-state index in [4.69, 9.17) is 16.4 Å². The number of amides is 1. The molecule has 0 unspecified atom stereocenters. The molecule has 2 heterocycles. The maximum atomic E-state index is 13.9. The van der Waals surface area contributed by atoms with Gasteiger partial charge in [-0.3, -0.25) is 4.79 Å². The topological polar surface area (TPSA) is 45.1 Å². The summed E-state index contributed by atoms with van der Waals surface area (Å²) in [6.07, 6.45) is -0.443. The molecular formula is C16H19ClFN3O2. The second kappa shape index (κ2) is 6.84. The summed E-state index contributed by atoms with van der Waals surface area (Å²) < 4.78 is 13.9. The van der Waals surface area contributed by atoms with Crippen LogP contribution in [0.3, 0.4) is 0 Å². The van der Waals surface area contributed by atoms with Crippen molar-refractivity contribution >= 4 is 23.2 Å². The third kappa shape index (κ3) is 3.33. The zero-order chi connectivity index (χ0) is 16.4. The molecule has 1 fully saturated rings. The Morgan fingerprint density at radius 2 is 2.13 bits per heavy atom. The molecule has 1 atom stereocenters. The summed E-state index contributed by atoms with van der Waals surface area (Å²) in [5.41, 5.74) is 0.610. The van der Waals surface area contributed by atoms with Crippen LogP contribution in [0.4, 0.5) is 4.39 Å². The standard InChI is InChI=1S/C16H19ClFN3O2/c1-2-20-6-8-21(9-7-20)16(22)14-10-13(19-23-14)15-11(17)4-3-5-12(15)18/h3-5,14H,2,6-10H2,1H3/t14-/m1/s1. The number of likely N-dealkylation sites (N-methyl/N-ethyl adjacent to an activating group) is 1. The van der Waals surface area contributed by atoms with Crippen LogP contribution >= 0.6 is 11.6 Å². The molecule has 124 valence electrons. The van der Waals surface area contributed by atoms with Crippen LogP contribution in [0.25, 0.3) is 0 Å². The summed E-state index contributed by atoms with van der Waals surface area (Å²) in [7, 11) is 0. The first-order valence-electron chi connectivity index (χ1n) is 7.78. The van der Waals surface area contributed by atoms with Crippen LogP contribution in [0.15, 0.2) is 23.4 Å². The van der Waals surface area contributed by atoms with Gasteiger partial charge in [-0.05, 0) is 18.7 Å². The fourth-order valence-electron chi connectivity index (χ4n) is 2.92. The molecule has 1 saturated heterocycles. The van der Waals surface area contributed by atoms with E-state index in [1.54, 1.807) is 11.0 Å². The van der Waals surface area contributed by atoms with E-state index in [0.29, 0.717) is 18.8 Å². The maximum Gasteiger partial charge on any atom is 0.266 e. The maximum absolute atomic E-state index is 13.9. The molecule has 2 aliphatic rings.